The van der Waals surface area contributed by atoms with Crippen LogP contribution in [0.15, 0.2) is 0 Å². The molecular formula is C4H7O5P. The Labute approximate surface area is 58.9 Å². The summed E-state index contributed by atoms with van der Waals surface area (Å²) < 4.78 is 13.9. The zero-order valence-corrected chi connectivity index (χ0v) is 6.21. The molecule has 0 bridgehead atoms. The van der Waals surface area contributed by atoms with Crippen LogP contribution in [0, 0.1) is 0 Å². The van der Waals surface area contributed by atoms with Crippen molar-refractivity contribution in [2.75, 3.05) is 6.61 Å². The van der Waals surface area contributed by atoms with Crippen molar-refractivity contribution in [2.45, 2.75) is 13.0 Å². The lowest BCUT2D eigenvalue weighted by atomic mass is 10.5. The molecular weight excluding hydrogens is 159 g/mol. The third-order valence-corrected chi connectivity index (χ3v) is 2.03. The Morgan fingerprint density at radius 1 is 1.90 bits per heavy atom. The van der Waals surface area contributed by atoms with Gasteiger partial charge in [0.2, 0.25) is 0 Å². The molecule has 0 aromatic rings. The van der Waals surface area contributed by atoms with Crippen molar-refractivity contribution in [3.8, 4) is 0 Å². The maximum Gasteiger partial charge on any atom is 0.512 e. The summed E-state index contributed by atoms with van der Waals surface area (Å²) in [6.45, 7) is 2.19. The van der Waals surface area contributed by atoms with E-state index in [2.05, 4.69) is 4.52 Å². The van der Waals surface area contributed by atoms with E-state index in [1.165, 1.54) is 0 Å². The molecule has 5 nitrogen and oxygen atoms in total. The van der Waals surface area contributed by atoms with Gasteiger partial charge >= 0.3 is 14.8 Å². The van der Waals surface area contributed by atoms with Gasteiger partial charge in [-0.25, -0.2) is 4.79 Å². The molecule has 2 atom stereocenters. The van der Waals surface area contributed by atoms with Gasteiger partial charge in [-0.3, -0.25) is 9.05 Å². The van der Waals surface area contributed by atoms with Gasteiger partial charge in [-0.2, -0.15) is 0 Å². The normalized spacial score (nSPS) is 32.1. The quantitative estimate of drug-likeness (QED) is 0.595. The van der Waals surface area contributed by atoms with Crippen LogP contribution in [0.4, 0.5) is 4.79 Å². The maximum absolute atomic E-state index is 9.90. The smallest absolute Gasteiger partial charge is 0.449 e. The molecule has 6 heteroatoms. The van der Waals surface area contributed by atoms with Crippen molar-refractivity contribution < 1.29 is 23.5 Å². The molecule has 1 aliphatic heterocycles. The summed E-state index contributed by atoms with van der Waals surface area (Å²) in [5.41, 5.74) is 0. The lowest BCUT2D eigenvalue weighted by Gasteiger charge is -2.03. The Bertz CT molecular complexity index is 138. The SMILES string of the molecule is CC1COP(OC(=O)O)O1. The van der Waals surface area contributed by atoms with Gasteiger partial charge in [-0.1, -0.05) is 0 Å². The van der Waals surface area contributed by atoms with Crippen LogP contribution in [0.1, 0.15) is 6.92 Å². The summed E-state index contributed by atoms with van der Waals surface area (Å²) in [5, 5.41) is 8.09. The summed E-state index contributed by atoms with van der Waals surface area (Å²) in [6.07, 6.45) is -1.43. The number of hydrogen-bond acceptors (Lipinski definition) is 4. The van der Waals surface area contributed by atoms with E-state index >= 15 is 0 Å². The Morgan fingerprint density at radius 3 is 3.00 bits per heavy atom. The molecule has 0 spiro atoms. The highest BCUT2D eigenvalue weighted by Gasteiger charge is 2.28. The van der Waals surface area contributed by atoms with E-state index in [0.29, 0.717) is 6.61 Å². The van der Waals surface area contributed by atoms with Crippen LogP contribution in [0.2, 0.25) is 0 Å². The fourth-order valence-corrected chi connectivity index (χ4v) is 1.46. The Morgan fingerprint density at radius 2 is 2.60 bits per heavy atom. The van der Waals surface area contributed by atoms with Crippen molar-refractivity contribution in [1.29, 1.82) is 0 Å². The molecule has 0 aromatic heterocycles. The Balaban J connectivity index is 2.24. The molecule has 0 aromatic carbocycles. The fourth-order valence-electron chi connectivity index (χ4n) is 0.485. The van der Waals surface area contributed by atoms with Crippen LogP contribution < -0.4 is 0 Å². The number of hydrogen-bond donors (Lipinski definition) is 1. The second kappa shape index (κ2) is 3.14. The first-order valence-corrected chi connectivity index (χ1v) is 3.78. The Kier molecular flexibility index (Phi) is 2.43. The molecule has 1 rings (SSSR count). The summed E-state index contributed by atoms with van der Waals surface area (Å²) in [7, 11) is -1.62. The molecule has 1 saturated heterocycles. The minimum Gasteiger partial charge on any atom is -0.449 e. The number of carboxylic acid groups (broad SMARTS) is 1. The Hall–Kier alpha value is -0.380. The molecule has 0 saturated carbocycles. The zero-order valence-electron chi connectivity index (χ0n) is 5.31. The lowest BCUT2D eigenvalue weighted by Crippen LogP contribution is -2.00. The van der Waals surface area contributed by atoms with Crippen LogP contribution >= 0.6 is 8.60 Å². The highest BCUT2D eigenvalue weighted by Crippen LogP contribution is 2.45. The molecule has 58 valence electrons. The second-order valence-corrected chi connectivity index (χ2v) is 2.89. The second-order valence-electron chi connectivity index (χ2n) is 1.79. The molecule has 0 radical (unpaired) electrons. The van der Waals surface area contributed by atoms with Crippen LogP contribution in [0.25, 0.3) is 0 Å². The van der Waals surface area contributed by atoms with Gasteiger partial charge in [0.25, 0.3) is 0 Å². The first kappa shape index (κ1) is 7.72. The van der Waals surface area contributed by atoms with Gasteiger partial charge in [0.05, 0.1) is 12.7 Å². The van der Waals surface area contributed by atoms with E-state index in [1.807, 2.05) is 0 Å². The number of rotatable bonds is 1. The average molecular weight is 166 g/mol. The molecule has 10 heavy (non-hydrogen) atoms. The van der Waals surface area contributed by atoms with Gasteiger partial charge < -0.3 is 9.63 Å². The lowest BCUT2D eigenvalue weighted by molar-refractivity contribution is 0.135. The minimum atomic E-state index is -1.62. The highest BCUT2D eigenvalue weighted by atomic mass is 31.2. The van der Waals surface area contributed by atoms with Gasteiger partial charge in [0, 0.05) is 0 Å². The van der Waals surface area contributed by atoms with Crippen LogP contribution in [0.5, 0.6) is 0 Å². The zero-order chi connectivity index (χ0) is 7.56. The van der Waals surface area contributed by atoms with E-state index in [4.69, 9.17) is 14.2 Å². The predicted molar refractivity (Wildman–Crippen MR) is 32.5 cm³/mol. The maximum atomic E-state index is 9.90. The van der Waals surface area contributed by atoms with Crippen LogP contribution in [0.3, 0.4) is 0 Å². The third-order valence-electron chi connectivity index (χ3n) is 0.833. The van der Waals surface area contributed by atoms with Crippen molar-refractivity contribution in [3.05, 3.63) is 0 Å². The molecule has 0 amide bonds. The van der Waals surface area contributed by atoms with Crippen molar-refractivity contribution in [3.63, 3.8) is 0 Å². The fraction of sp³-hybridized carbons (Fsp3) is 0.750. The summed E-state index contributed by atoms with van der Waals surface area (Å²) in [4.78, 5) is 9.90. The van der Waals surface area contributed by atoms with E-state index in [1.54, 1.807) is 6.92 Å². The number of carbonyl (C=O) groups is 1. The largest absolute Gasteiger partial charge is 0.512 e. The summed E-state index contributed by atoms with van der Waals surface area (Å²) >= 11 is 0. The monoisotopic (exact) mass is 166 g/mol. The summed E-state index contributed by atoms with van der Waals surface area (Å²) in [6, 6.07) is 0. The minimum absolute atomic E-state index is 0.0644. The third kappa shape index (κ3) is 2.10. The van der Waals surface area contributed by atoms with Gasteiger partial charge in [-0.15, -0.1) is 0 Å². The van der Waals surface area contributed by atoms with E-state index in [0.717, 1.165) is 0 Å². The average Bonchev–Trinajstić information content (AvgIpc) is 2.13. The molecule has 1 heterocycles. The highest BCUT2D eigenvalue weighted by molar-refractivity contribution is 7.42. The topological polar surface area (TPSA) is 65.0 Å². The molecule has 1 N–H and O–H groups in total. The standard InChI is InChI=1S/C4H7O5P/c1-3-2-7-10(8-3)9-4(5)6/h3H,2H2,1H3,(H,5,6). The molecule has 2 unspecified atom stereocenters. The molecule has 0 aliphatic carbocycles. The van der Waals surface area contributed by atoms with E-state index in [9.17, 15) is 4.79 Å². The van der Waals surface area contributed by atoms with E-state index < -0.39 is 14.8 Å². The first-order chi connectivity index (χ1) is 4.68. The van der Waals surface area contributed by atoms with E-state index in [-0.39, 0.29) is 6.10 Å². The van der Waals surface area contributed by atoms with Crippen LogP contribution in [-0.2, 0) is 13.6 Å². The van der Waals surface area contributed by atoms with Crippen molar-refractivity contribution >= 4 is 14.8 Å². The van der Waals surface area contributed by atoms with Crippen molar-refractivity contribution in [1.82, 2.24) is 0 Å². The van der Waals surface area contributed by atoms with Crippen molar-refractivity contribution in [2.24, 2.45) is 0 Å². The van der Waals surface area contributed by atoms with Gasteiger partial charge in [-0.05, 0) is 6.92 Å². The molecule has 1 aliphatic rings. The predicted octanol–water partition coefficient (Wildman–Crippen LogP) is 1.34. The summed E-state index contributed by atoms with van der Waals surface area (Å²) in [5.74, 6) is 0. The van der Waals surface area contributed by atoms with Gasteiger partial charge in [0.15, 0.2) is 0 Å². The van der Waals surface area contributed by atoms with Crippen LogP contribution in [-0.4, -0.2) is 24.0 Å². The first-order valence-electron chi connectivity index (χ1n) is 2.69. The van der Waals surface area contributed by atoms with Gasteiger partial charge in [0.1, 0.15) is 0 Å². The molecule has 1 fully saturated rings.